The second-order valence-electron chi connectivity index (χ2n) is 5.52. The molecular weight excluding hydrogens is 232 g/mol. The number of ether oxygens (including phenoxy) is 1. The Morgan fingerprint density at radius 1 is 1.50 bits per heavy atom. The molecule has 1 atom stereocenters. The second kappa shape index (κ2) is 5.69. The molecule has 1 aliphatic heterocycles. The Hall–Kier alpha value is -1.10. The molecule has 0 bridgehead atoms. The third-order valence-corrected chi connectivity index (χ3v) is 4.05. The molecule has 102 valence electrons. The van der Waals surface area contributed by atoms with Crippen molar-refractivity contribution >= 4 is 11.8 Å². The van der Waals surface area contributed by atoms with Gasteiger partial charge in [0.1, 0.15) is 6.04 Å². The molecule has 1 saturated heterocycles. The molecule has 1 heterocycles. The van der Waals surface area contributed by atoms with Crippen LogP contribution in [0.5, 0.6) is 0 Å². The van der Waals surface area contributed by atoms with E-state index in [0.29, 0.717) is 19.6 Å². The molecule has 2 fully saturated rings. The van der Waals surface area contributed by atoms with Crippen LogP contribution in [0.3, 0.4) is 0 Å². The van der Waals surface area contributed by atoms with Gasteiger partial charge in [-0.1, -0.05) is 6.42 Å². The highest BCUT2D eigenvalue weighted by Gasteiger charge is 2.38. The molecule has 5 nitrogen and oxygen atoms in total. The van der Waals surface area contributed by atoms with Crippen LogP contribution in [0, 0.1) is 5.41 Å². The standard InChI is InChI=1S/C13H22N2O3/c1-18-9-13(6-3-7-13)8-14-12(17)10-4-2-5-11(16)15-10/h10H,2-9H2,1H3,(H,14,17)(H,15,16)/t10-/m1/s1. The van der Waals surface area contributed by atoms with E-state index in [9.17, 15) is 9.59 Å². The summed E-state index contributed by atoms with van der Waals surface area (Å²) in [5.41, 5.74) is 0.128. The maximum atomic E-state index is 12.0. The lowest BCUT2D eigenvalue weighted by Gasteiger charge is -2.41. The van der Waals surface area contributed by atoms with E-state index >= 15 is 0 Å². The van der Waals surface area contributed by atoms with E-state index in [1.54, 1.807) is 7.11 Å². The minimum absolute atomic E-state index is 0.0170. The molecule has 0 radical (unpaired) electrons. The van der Waals surface area contributed by atoms with Crippen molar-refractivity contribution in [3.8, 4) is 0 Å². The number of amides is 2. The van der Waals surface area contributed by atoms with E-state index in [-0.39, 0.29) is 23.3 Å². The summed E-state index contributed by atoms with van der Waals surface area (Å²) < 4.78 is 5.22. The number of rotatable bonds is 5. The van der Waals surface area contributed by atoms with Gasteiger partial charge in [-0.05, 0) is 25.7 Å². The summed E-state index contributed by atoms with van der Waals surface area (Å²) in [6.45, 7) is 1.36. The van der Waals surface area contributed by atoms with Gasteiger partial charge in [0.05, 0.1) is 6.61 Å². The van der Waals surface area contributed by atoms with Crippen molar-refractivity contribution in [3.05, 3.63) is 0 Å². The van der Waals surface area contributed by atoms with Gasteiger partial charge in [-0.25, -0.2) is 0 Å². The fourth-order valence-electron chi connectivity index (χ4n) is 2.75. The quantitative estimate of drug-likeness (QED) is 0.754. The zero-order chi connectivity index (χ0) is 13.0. The van der Waals surface area contributed by atoms with Crippen molar-refractivity contribution < 1.29 is 14.3 Å². The monoisotopic (exact) mass is 254 g/mol. The molecule has 0 aromatic heterocycles. The summed E-state index contributed by atoms with van der Waals surface area (Å²) in [4.78, 5) is 23.2. The lowest BCUT2D eigenvalue weighted by molar-refractivity contribution is -0.131. The first-order valence-electron chi connectivity index (χ1n) is 6.71. The third-order valence-electron chi connectivity index (χ3n) is 4.05. The topological polar surface area (TPSA) is 67.4 Å². The van der Waals surface area contributed by atoms with E-state index in [0.717, 1.165) is 25.7 Å². The first-order valence-corrected chi connectivity index (χ1v) is 6.71. The van der Waals surface area contributed by atoms with Crippen LogP contribution < -0.4 is 10.6 Å². The minimum atomic E-state index is -0.342. The minimum Gasteiger partial charge on any atom is -0.384 e. The Morgan fingerprint density at radius 2 is 2.28 bits per heavy atom. The molecule has 0 aromatic rings. The number of carbonyl (C=O) groups is 2. The summed E-state index contributed by atoms with van der Waals surface area (Å²) in [6, 6.07) is -0.342. The second-order valence-corrected chi connectivity index (χ2v) is 5.52. The molecule has 1 aliphatic carbocycles. The zero-order valence-electron chi connectivity index (χ0n) is 11.0. The van der Waals surface area contributed by atoms with Gasteiger partial charge >= 0.3 is 0 Å². The van der Waals surface area contributed by atoms with Gasteiger partial charge in [0.15, 0.2) is 0 Å². The number of hydrogen-bond donors (Lipinski definition) is 2. The van der Waals surface area contributed by atoms with Gasteiger partial charge < -0.3 is 15.4 Å². The maximum absolute atomic E-state index is 12.0. The highest BCUT2D eigenvalue weighted by atomic mass is 16.5. The maximum Gasteiger partial charge on any atom is 0.242 e. The number of methoxy groups -OCH3 is 1. The van der Waals surface area contributed by atoms with Gasteiger partial charge in [0.25, 0.3) is 0 Å². The number of hydrogen-bond acceptors (Lipinski definition) is 3. The molecule has 1 saturated carbocycles. The summed E-state index contributed by atoms with van der Waals surface area (Å²) >= 11 is 0. The molecule has 2 amide bonds. The Bertz CT molecular complexity index is 326. The van der Waals surface area contributed by atoms with E-state index in [2.05, 4.69) is 10.6 Å². The van der Waals surface area contributed by atoms with Crippen LogP contribution in [0.4, 0.5) is 0 Å². The highest BCUT2D eigenvalue weighted by Crippen LogP contribution is 2.40. The van der Waals surface area contributed by atoms with Crippen molar-refractivity contribution in [1.82, 2.24) is 10.6 Å². The largest absolute Gasteiger partial charge is 0.384 e. The molecule has 5 heteroatoms. The number of carbonyl (C=O) groups excluding carboxylic acids is 2. The Balaban J connectivity index is 1.78. The summed E-state index contributed by atoms with van der Waals surface area (Å²) in [7, 11) is 1.70. The average Bonchev–Trinajstić information content (AvgIpc) is 2.32. The molecule has 2 rings (SSSR count). The fraction of sp³-hybridized carbons (Fsp3) is 0.846. The van der Waals surface area contributed by atoms with Crippen molar-refractivity contribution in [3.63, 3.8) is 0 Å². The fourth-order valence-corrected chi connectivity index (χ4v) is 2.75. The number of nitrogens with one attached hydrogen (secondary N) is 2. The van der Waals surface area contributed by atoms with E-state index < -0.39 is 0 Å². The summed E-state index contributed by atoms with van der Waals surface area (Å²) in [5.74, 6) is -0.0675. The molecule has 2 aliphatic rings. The lowest BCUT2D eigenvalue weighted by atomic mass is 9.69. The van der Waals surface area contributed by atoms with E-state index in [1.807, 2.05) is 0 Å². The van der Waals surface area contributed by atoms with Crippen LogP contribution in [0.15, 0.2) is 0 Å². The van der Waals surface area contributed by atoms with E-state index in [1.165, 1.54) is 6.42 Å². The van der Waals surface area contributed by atoms with Crippen molar-refractivity contribution in [2.75, 3.05) is 20.3 Å². The normalized spacial score (nSPS) is 26.1. The Kier molecular flexibility index (Phi) is 4.22. The number of piperidine rings is 1. The van der Waals surface area contributed by atoms with Gasteiger partial charge in [0.2, 0.25) is 11.8 Å². The van der Waals surface area contributed by atoms with Gasteiger partial charge in [-0.15, -0.1) is 0 Å². The van der Waals surface area contributed by atoms with Crippen LogP contribution in [0.25, 0.3) is 0 Å². The molecule has 0 unspecified atom stereocenters. The van der Waals surface area contributed by atoms with Gasteiger partial charge in [-0.3, -0.25) is 9.59 Å². The molecule has 0 aromatic carbocycles. The van der Waals surface area contributed by atoms with Crippen LogP contribution in [-0.4, -0.2) is 38.1 Å². The molecule has 18 heavy (non-hydrogen) atoms. The van der Waals surface area contributed by atoms with Crippen LogP contribution in [0.1, 0.15) is 38.5 Å². The Labute approximate surface area is 108 Å². The summed E-state index contributed by atoms with van der Waals surface area (Å²) in [6.07, 6.45) is 5.51. The molecule has 2 N–H and O–H groups in total. The first kappa shape index (κ1) is 13.3. The van der Waals surface area contributed by atoms with Crippen LogP contribution in [-0.2, 0) is 14.3 Å². The highest BCUT2D eigenvalue weighted by molar-refractivity contribution is 5.88. The van der Waals surface area contributed by atoms with Crippen molar-refractivity contribution in [2.24, 2.45) is 5.41 Å². The van der Waals surface area contributed by atoms with Crippen LogP contribution in [0.2, 0.25) is 0 Å². The van der Waals surface area contributed by atoms with Gasteiger partial charge in [0, 0.05) is 25.5 Å². The van der Waals surface area contributed by atoms with Crippen molar-refractivity contribution in [2.45, 2.75) is 44.6 Å². The summed E-state index contributed by atoms with van der Waals surface area (Å²) in [5, 5.41) is 5.71. The van der Waals surface area contributed by atoms with Crippen LogP contribution >= 0.6 is 0 Å². The predicted molar refractivity (Wildman–Crippen MR) is 67.0 cm³/mol. The first-order chi connectivity index (χ1) is 8.65. The molecule has 0 spiro atoms. The van der Waals surface area contributed by atoms with E-state index in [4.69, 9.17) is 4.74 Å². The Morgan fingerprint density at radius 3 is 2.83 bits per heavy atom. The lowest BCUT2D eigenvalue weighted by Crippen LogP contribution is -2.52. The van der Waals surface area contributed by atoms with Crippen molar-refractivity contribution in [1.29, 1.82) is 0 Å². The third kappa shape index (κ3) is 3.02. The zero-order valence-corrected chi connectivity index (χ0v) is 11.0. The SMILES string of the molecule is COCC1(CNC(=O)[C@H]2CCCC(=O)N2)CCC1. The predicted octanol–water partition coefficient (Wildman–Crippen LogP) is 0.588. The average molecular weight is 254 g/mol. The van der Waals surface area contributed by atoms with Gasteiger partial charge in [-0.2, -0.15) is 0 Å². The smallest absolute Gasteiger partial charge is 0.242 e. The molecular formula is C13H22N2O3.